The Hall–Kier alpha value is -0.820. The van der Waals surface area contributed by atoms with Crippen molar-refractivity contribution in [1.82, 2.24) is 5.32 Å². The molecule has 0 bridgehead atoms. The Balaban J connectivity index is 2.07. The third kappa shape index (κ3) is 3.32. The summed E-state index contributed by atoms with van der Waals surface area (Å²) < 4.78 is 0. The van der Waals surface area contributed by atoms with Gasteiger partial charge in [0.1, 0.15) is 0 Å². The highest BCUT2D eigenvalue weighted by atomic mass is 14.9. The summed E-state index contributed by atoms with van der Waals surface area (Å²) in [6, 6.07) is 9.75. The molecule has 1 aliphatic rings. The first-order chi connectivity index (χ1) is 8.33. The first-order valence-electron chi connectivity index (χ1n) is 7.15. The molecule has 2 rings (SSSR count). The van der Waals surface area contributed by atoms with Gasteiger partial charge in [0, 0.05) is 6.04 Å². The highest BCUT2D eigenvalue weighted by Gasteiger charge is 2.21. The molecule has 1 saturated heterocycles. The molecule has 0 radical (unpaired) electrons. The van der Waals surface area contributed by atoms with Crippen molar-refractivity contribution in [2.24, 2.45) is 5.92 Å². The van der Waals surface area contributed by atoms with Crippen LogP contribution in [-0.2, 0) is 6.42 Å². The SMILES string of the molecule is CCCc1cccc(C2CC(CC)CCN2)c1. The van der Waals surface area contributed by atoms with E-state index in [1.165, 1.54) is 49.8 Å². The van der Waals surface area contributed by atoms with Gasteiger partial charge >= 0.3 is 0 Å². The lowest BCUT2D eigenvalue weighted by molar-refractivity contribution is 0.299. The van der Waals surface area contributed by atoms with Gasteiger partial charge < -0.3 is 5.32 Å². The topological polar surface area (TPSA) is 12.0 Å². The van der Waals surface area contributed by atoms with Crippen LogP contribution in [0.3, 0.4) is 0 Å². The Morgan fingerprint density at radius 3 is 2.94 bits per heavy atom. The predicted octanol–water partition coefficient (Wildman–Crippen LogP) is 4.09. The Bertz CT molecular complexity index is 345. The van der Waals surface area contributed by atoms with Crippen LogP contribution in [0, 0.1) is 5.92 Å². The van der Waals surface area contributed by atoms with E-state index in [9.17, 15) is 0 Å². The Labute approximate surface area is 106 Å². The molecule has 0 amide bonds. The number of rotatable bonds is 4. The molecule has 1 N–H and O–H groups in total. The Morgan fingerprint density at radius 1 is 1.29 bits per heavy atom. The first-order valence-corrected chi connectivity index (χ1v) is 7.15. The zero-order valence-electron chi connectivity index (χ0n) is 11.2. The van der Waals surface area contributed by atoms with E-state index >= 15 is 0 Å². The molecule has 17 heavy (non-hydrogen) atoms. The van der Waals surface area contributed by atoms with E-state index in [4.69, 9.17) is 0 Å². The van der Waals surface area contributed by atoms with E-state index in [-0.39, 0.29) is 0 Å². The number of piperidine rings is 1. The summed E-state index contributed by atoms with van der Waals surface area (Å²) >= 11 is 0. The summed E-state index contributed by atoms with van der Waals surface area (Å²) in [5.41, 5.74) is 2.99. The standard InChI is InChI=1S/C16H25N/c1-3-6-14-7-5-8-15(11-14)16-12-13(4-2)9-10-17-16/h5,7-8,11,13,16-17H,3-4,6,9-10,12H2,1-2H3. The van der Waals surface area contributed by atoms with Crippen LogP contribution < -0.4 is 5.32 Å². The third-order valence-electron chi connectivity index (χ3n) is 3.98. The molecule has 1 nitrogen and oxygen atoms in total. The molecule has 2 unspecified atom stereocenters. The van der Waals surface area contributed by atoms with E-state index in [0.717, 1.165) is 5.92 Å². The van der Waals surface area contributed by atoms with Crippen molar-refractivity contribution >= 4 is 0 Å². The summed E-state index contributed by atoms with van der Waals surface area (Å²) in [7, 11) is 0. The van der Waals surface area contributed by atoms with Crippen LogP contribution >= 0.6 is 0 Å². The minimum absolute atomic E-state index is 0.588. The van der Waals surface area contributed by atoms with Crippen molar-refractivity contribution in [2.45, 2.75) is 52.0 Å². The monoisotopic (exact) mass is 231 g/mol. The minimum Gasteiger partial charge on any atom is -0.310 e. The van der Waals surface area contributed by atoms with Gasteiger partial charge in [0.2, 0.25) is 0 Å². The molecule has 0 spiro atoms. The molecule has 1 heteroatoms. The number of aryl methyl sites for hydroxylation is 1. The van der Waals surface area contributed by atoms with Crippen LogP contribution in [0.1, 0.15) is 56.7 Å². The van der Waals surface area contributed by atoms with E-state index in [2.05, 4.69) is 43.4 Å². The fourth-order valence-corrected chi connectivity index (χ4v) is 2.87. The lowest BCUT2D eigenvalue weighted by Crippen LogP contribution is -2.31. The second-order valence-corrected chi connectivity index (χ2v) is 5.30. The van der Waals surface area contributed by atoms with Gasteiger partial charge in [-0.2, -0.15) is 0 Å². The molecule has 1 aliphatic heterocycles. The van der Waals surface area contributed by atoms with Crippen LogP contribution in [-0.4, -0.2) is 6.54 Å². The van der Waals surface area contributed by atoms with Crippen molar-refractivity contribution in [2.75, 3.05) is 6.54 Å². The van der Waals surface area contributed by atoms with Crippen LogP contribution in [0.2, 0.25) is 0 Å². The lowest BCUT2D eigenvalue weighted by atomic mass is 9.86. The molecule has 94 valence electrons. The summed E-state index contributed by atoms with van der Waals surface area (Å²) in [6.45, 7) is 5.75. The molecule has 0 aliphatic carbocycles. The number of nitrogens with one attached hydrogen (secondary N) is 1. The maximum atomic E-state index is 3.67. The molecule has 1 aromatic rings. The molecule has 2 atom stereocenters. The molecule has 1 heterocycles. The zero-order valence-corrected chi connectivity index (χ0v) is 11.2. The van der Waals surface area contributed by atoms with Gasteiger partial charge in [-0.05, 0) is 42.9 Å². The van der Waals surface area contributed by atoms with Crippen molar-refractivity contribution in [3.63, 3.8) is 0 Å². The summed E-state index contributed by atoms with van der Waals surface area (Å²) in [5.74, 6) is 0.913. The second kappa shape index (κ2) is 6.20. The largest absolute Gasteiger partial charge is 0.310 e. The van der Waals surface area contributed by atoms with E-state index < -0.39 is 0 Å². The van der Waals surface area contributed by atoms with Crippen LogP contribution in [0.15, 0.2) is 24.3 Å². The molecular formula is C16H25N. The maximum Gasteiger partial charge on any atom is 0.0322 e. The summed E-state index contributed by atoms with van der Waals surface area (Å²) in [6.07, 6.45) is 6.43. The van der Waals surface area contributed by atoms with Crippen molar-refractivity contribution in [3.05, 3.63) is 35.4 Å². The highest BCUT2D eigenvalue weighted by Crippen LogP contribution is 2.29. The maximum absolute atomic E-state index is 3.67. The number of benzene rings is 1. The van der Waals surface area contributed by atoms with E-state index in [1.807, 2.05) is 0 Å². The average molecular weight is 231 g/mol. The van der Waals surface area contributed by atoms with E-state index in [0.29, 0.717) is 6.04 Å². The fourth-order valence-electron chi connectivity index (χ4n) is 2.87. The smallest absolute Gasteiger partial charge is 0.0322 e. The normalized spacial score (nSPS) is 24.8. The molecular weight excluding hydrogens is 206 g/mol. The summed E-state index contributed by atoms with van der Waals surface area (Å²) in [4.78, 5) is 0. The number of hydrogen-bond donors (Lipinski definition) is 1. The molecule has 0 saturated carbocycles. The predicted molar refractivity (Wildman–Crippen MR) is 74.2 cm³/mol. The van der Waals surface area contributed by atoms with Gasteiger partial charge in [-0.25, -0.2) is 0 Å². The molecule has 0 aromatic heterocycles. The van der Waals surface area contributed by atoms with Gasteiger partial charge in [-0.3, -0.25) is 0 Å². The Kier molecular flexibility index (Phi) is 4.61. The minimum atomic E-state index is 0.588. The Morgan fingerprint density at radius 2 is 2.18 bits per heavy atom. The highest BCUT2D eigenvalue weighted by molar-refractivity contribution is 5.26. The van der Waals surface area contributed by atoms with Crippen molar-refractivity contribution in [1.29, 1.82) is 0 Å². The van der Waals surface area contributed by atoms with Crippen LogP contribution in [0.25, 0.3) is 0 Å². The fraction of sp³-hybridized carbons (Fsp3) is 0.625. The van der Waals surface area contributed by atoms with Crippen molar-refractivity contribution in [3.8, 4) is 0 Å². The average Bonchev–Trinajstić information content (AvgIpc) is 2.40. The van der Waals surface area contributed by atoms with Gasteiger partial charge in [0.15, 0.2) is 0 Å². The molecule has 1 aromatic carbocycles. The lowest BCUT2D eigenvalue weighted by Gasteiger charge is -2.30. The summed E-state index contributed by atoms with van der Waals surface area (Å²) in [5, 5.41) is 3.67. The quantitative estimate of drug-likeness (QED) is 0.823. The van der Waals surface area contributed by atoms with Crippen LogP contribution in [0.4, 0.5) is 0 Å². The van der Waals surface area contributed by atoms with Gasteiger partial charge in [-0.15, -0.1) is 0 Å². The van der Waals surface area contributed by atoms with Gasteiger partial charge in [-0.1, -0.05) is 51.0 Å². The third-order valence-corrected chi connectivity index (χ3v) is 3.98. The zero-order chi connectivity index (χ0) is 12.1. The first kappa shape index (κ1) is 12.6. The van der Waals surface area contributed by atoms with Gasteiger partial charge in [0.25, 0.3) is 0 Å². The number of hydrogen-bond acceptors (Lipinski definition) is 1. The van der Waals surface area contributed by atoms with Crippen LogP contribution in [0.5, 0.6) is 0 Å². The van der Waals surface area contributed by atoms with Crippen molar-refractivity contribution < 1.29 is 0 Å². The van der Waals surface area contributed by atoms with Gasteiger partial charge in [0.05, 0.1) is 0 Å². The second-order valence-electron chi connectivity index (χ2n) is 5.30. The molecule has 1 fully saturated rings. The van der Waals surface area contributed by atoms with E-state index in [1.54, 1.807) is 0 Å².